The van der Waals surface area contributed by atoms with Gasteiger partial charge in [0.25, 0.3) is 0 Å². The number of ether oxygens (including phenoxy) is 2. The van der Waals surface area contributed by atoms with Gasteiger partial charge in [0.05, 0.1) is 6.04 Å². The number of benzene rings is 2. The molecular weight excluding hydrogens is 564 g/mol. The molecule has 0 bridgehead atoms. The Morgan fingerprint density at radius 1 is 1.26 bits per heavy atom. The number of anilines is 2. The average Bonchev–Trinajstić information content (AvgIpc) is 3.43. The van der Waals surface area contributed by atoms with Crippen molar-refractivity contribution in [3.8, 4) is 11.8 Å². The standard InChI is InChI=1S/C33H41ClN6O3/c1-6-22(3)19-40(18-16-35-28(41)7-2)32-30-31(36-33(37-32)43-20-24-13-10-17-38(24)4)39(5)27(21-42-30)25-14-8-11-23-12-9-15-26(34)29(23)25/h6-9,11-12,14-15,24,27H,2,10,13,16-21H2,1,3-5H3,(H,35,41)/b22-6-/t24-,27?/m0/s1. The molecule has 1 unspecified atom stereocenters. The maximum absolute atomic E-state index is 11.9. The van der Waals surface area contributed by atoms with Crippen molar-refractivity contribution in [2.24, 2.45) is 0 Å². The zero-order chi connectivity index (χ0) is 30.5. The lowest BCUT2D eigenvalue weighted by atomic mass is 9.97. The van der Waals surface area contributed by atoms with Crippen molar-refractivity contribution in [3.05, 3.63) is 71.3 Å². The zero-order valence-electron chi connectivity index (χ0n) is 25.5. The third-order valence-corrected chi connectivity index (χ3v) is 8.73. The van der Waals surface area contributed by atoms with Gasteiger partial charge in [0.2, 0.25) is 11.7 Å². The van der Waals surface area contributed by atoms with E-state index in [1.165, 1.54) is 6.08 Å². The lowest BCUT2D eigenvalue weighted by Crippen LogP contribution is -2.39. The Morgan fingerprint density at radius 2 is 2.05 bits per heavy atom. The van der Waals surface area contributed by atoms with Gasteiger partial charge < -0.3 is 29.5 Å². The fraction of sp³-hybridized carbons (Fsp3) is 0.424. The molecule has 228 valence electrons. The minimum absolute atomic E-state index is 0.134. The van der Waals surface area contributed by atoms with Crippen molar-refractivity contribution in [1.29, 1.82) is 0 Å². The number of hydrogen-bond donors (Lipinski definition) is 1. The number of amides is 1. The molecule has 10 heteroatoms. The summed E-state index contributed by atoms with van der Waals surface area (Å²) in [5, 5.41) is 5.67. The van der Waals surface area contributed by atoms with E-state index < -0.39 is 0 Å². The number of fused-ring (bicyclic) bond motifs is 2. The highest BCUT2D eigenvalue weighted by Gasteiger charge is 2.34. The molecule has 1 N–H and O–H groups in total. The smallest absolute Gasteiger partial charge is 0.320 e. The van der Waals surface area contributed by atoms with E-state index in [0.717, 1.165) is 41.3 Å². The molecular formula is C33H41ClN6O3. The number of hydrogen-bond acceptors (Lipinski definition) is 8. The number of carbonyl (C=O) groups excluding carboxylic acids is 1. The maximum atomic E-state index is 11.9. The van der Waals surface area contributed by atoms with E-state index >= 15 is 0 Å². The molecule has 2 aromatic carbocycles. The van der Waals surface area contributed by atoms with E-state index in [9.17, 15) is 4.79 Å². The topological polar surface area (TPSA) is 83.1 Å². The van der Waals surface area contributed by atoms with E-state index in [2.05, 4.69) is 70.9 Å². The van der Waals surface area contributed by atoms with Gasteiger partial charge in [-0.25, -0.2) is 0 Å². The summed E-state index contributed by atoms with van der Waals surface area (Å²) < 4.78 is 12.8. The average molecular weight is 605 g/mol. The van der Waals surface area contributed by atoms with Crippen molar-refractivity contribution in [2.45, 2.75) is 38.8 Å². The van der Waals surface area contributed by atoms with Gasteiger partial charge in [0.15, 0.2) is 11.6 Å². The van der Waals surface area contributed by atoms with E-state index in [-0.39, 0.29) is 11.9 Å². The van der Waals surface area contributed by atoms with Gasteiger partial charge in [-0.15, -0.1) is 0 Å². The molecule has 0 aliphatic carbocycles. The van der Waals surface area contributed by atoms with Crippen LogP contribution in [0.5, 0.6) is 11.8 Å². The van der Waals surface area contributed by atoms with Crippen molar-refractivity contribution >= 4 is 39.9 Å². The summed E-state index contributed by atoms with van der Waals surface area (Å²) >= 11 is 6.72. The van der Waals surface area contributed by atoms with Gasteiger partial charge in [-0.2, -0.15) is 9.97 Å². The Balaban J connectivity index is 1.55. The SMILES string of the molecule is C=CC(=O)NCCN(C/C(C)=C\C)c1nc(OC[C@@H]2CCCN2C)nc2c1OCC(c1cccc3cccc(Cl)c13)N2C. The number of likely N-dealkylation sites (N-methyl/N-ethyl adjacent to an activating group) is 2. The summed E-state index contributed by atoms with van der Waals surface area (Å²) in [6.07, 6.45) is 5.58. The highest BCUT2D eigenvalue weighted by atomic mass is 35.5. The van der Waals surface area contributed by atoms with Gasteiger partial charge in [-0.05, 0) is 63.4 Å². The molecule has 9 nitrogen and oxygen atoms in total. The molecule has 3 heterocycles. The predicted octanol–water partition coefficient (Wildman–Crippen LogP) is 5.40. The summed E-state index contributed by atoms with van der Waals surface area (Å²) in [4.78, 5) is 28.3. The second-order valence-electron chi connectivity index (χ2n) is 11.2. The maximum Gasteiger partial charge on any atom is 0.320 e. The van der Waals surface area contributed by atoms with Crippen molar-refractivity contribution in [1.82, 2.24) is 20.2 Å². The number of aromatic nitrogens is 2. The Bertz CT molecular complexity index is 1510. The van der Waals surface area contributed by atoms with Crippen LogP contribution in [-0.4, -0.2) is 80.3 Å². The van der Waals surface area contributed by atoms with Crippen LogP contribution in [0.3, 0.4) is 0 Å². The summed E-state index contributed by atoms with van der Waals surface area (Å²) in [5.41, 5.74) is 2.23. The van der Waals surface area contributed by atoms with Crippen LogP contribution in [0.4, 0.5) is 11.6 Å². The van der Waals surface area contributed by atoms with Crippen molar-refractivity contribution in [2.75, 3.05) is 63.3 Å². The van der Waals surface area contributed by atoms with E-state index in [0.29, 0.717) is 67.3 Å². The first-order chi connectivity index (χ1) is 20.8. The lowest BCUT2D eigenvalue weighted by molar-refractivity contribution is -0.116. The van der Waals surface area contributed by atoms with Crippen LogP contribution >= 0.6 is 11.6 Å². The molecule has 1 amide bonds. The normalized spacial score (nSPS) is 18.7. The molecule has 43 heavy (non-hydrogen) atoms. The van der Waals surface area contributed by atoms with Crippen molar-refractivity contribution < 1.29 is 14.3 Å². The summed E-state index contributed by atoms with van der Waals surface area (Å²) in [7, 11) is 4.15. The van der Waals surface area contributed by atoms with Gasteiger partial charge in [0, 0.05) is 43.1 Å². The quantitative estimate of drug-likeness (QED) is 0.230. The van der Waals surface area contributed by atoms with Gasteiger partial charge >= 0.3 is 6.01 Å². The first-order valence-electron chi connectivity index (χ1n) is 14.9. The summed E-state index contributed by atoms with van der Waals surface area (Å²) in [5.74, 6) is 1.66. The molecule has 2 atom stereocenters. The number of allylic oxidation sites excluding steroid dienone is 1. The third kappa shape index (κ3) is 6.73. The molecule has 3 aromatic rings. The molecule has 0 saturated carbocycles. The fourth-order valence-corrected chi connectivity index (χ4v) is 6.07. The van der Waals surface area contributed by atoms with Crippen LogP contribution < -0.4 is 24.6 Å². The Labute approximate surface area is 259 Å². The highest BCUT2D eigenvalue weighted by molar-refractivity contribution is 6.35. The monoisotopic (exact) mass is 604 g/mol. The van der Waals surface area contributed by atoms with Crippen LogP contribution in [0.15, 0.2) is 60.7 Å². The van der Waals surface area contributed by atoms with Crippen LogP contribution in [0.25, 0.3) is 10.8 Å². The molecule has 1 saturated heterocycles. The predicted molar refractivity (Wildman–Crippen MR) is 174 cm³/mol. The van der Waals surface area contributed by atoms with E-state index in [1.807, 2.05) is 26.1 Å². The Kier molecular flexibility index (Phi) is 9.72. The third-order valence-electron chi connectivity index (χ3n) is 8.42. The number of rotatable bonds is 11. The number of halogens is 1. The Hall–Kier alpha value is -3.82. The van der Waals surface area contributed by atoms with Gasteiger partial charge in [-0.1, -0.05) is 60.2 Å². The van der Waals surface area contributed by atoms with Crippen LogP contribution in [-0.2, 0) is 4.79 Å². The number of likely N-dealkylation sites (tertiary alicyclic amines) is 1. The molecule has 1 fully saturated rings. The number of nitrogens with one attached hydrogen (secondary N) is 1. The number of nitrogens with zero attached hydrogens (tertiary/aromatic N) is 5. The van der Waals surface area contributed by atoms with E-state index in [1.54, 1.807) is 0 Å². The van der Waals surface area contributed by atoms with E-state index in [4.69, 9.17) is 31.0 Å². The lowest BCUT2D eigenvalue weighted by Gasteiger charge is -2.38. The molecule has 0 radical (unpaired) electrons. The van der Waals surface area contributed by atoms with Gasteiger partial charge in [0.1, 0.15) is 13.2 Å². The highest BCUT2D eigenvalue weighted by Crippen LogP contribution is 2.45. The fourth-order valence-electron chi connectivity index (χ4n) is 5.77. The minimum Gasteiger partial charge on any atom is -0.484 e. The molecule has 0 spiro atoms. The summed E-state index contributed by atoms with van der Waals surface area (Å²) in [6, 6.07) is 12.7. The molecule has 2 aliphatic rings. The van der Waals surface area contributed by atoms with Crippen molar-refractivity contribution in [3.63, 3.8) is 0 Å². The largest absolute Gasteiger partial charge is 0.484 e. The van der Waals surface area contributed by atoms with Crippen LogP contribution in [0, 0.1) is 0 Å². The minimum atomic E-state index is -0.218. The first-order valence-corrected chi connectivity index (χ1v) is 15.2. The number of carbonyl (C=O) groups is 1. The molecule has 1 aromatic heterocycles. The second kappa shape index (κ2) is 13.7. The zero-order valence-corrected chi connectivity index (χ0v) is 26.2. The first kappa shape index (κ1) is 30.6. The Morgan fingerprint density at radius 3 is 2.77 bits per heavy atom. The molecule has 5 rings (SSSR count). The molecule has 2 aliphatic heterocycles. The van der Waals surface area contributed by atoms with Crippen LogP contribution in [0.2, 0.25) is 5.02 Å². The summed E-state index contributed by atoms with van der Waals surface area (Å²) in [6.45, 7) is 11.1. The van der Waals surface area contributed by atoms with Crippen LogP contribution in [0.1, 0.15) is 38.3 Å². The second-order valence-corrected chi connectivity index (χ2v) is 11.7. The van der Waals surface area contributed by atoms with Gasteiger partial charge in [-0.3, -0.25) is 4.79 Å².